The first-order chi connectivity index (χ1) is 11.5. The Hall–Kier alpha value is -2.07. The Morgan fingerprint density at radius 1 is 1.33 bits per heavy atom. The molecule has 1 amide bonds. The van der Waals surface area contributed by atoms with Crippen LogP contribution < -0.4 is 5.32 Å². The van der Waals surface area contributed by atoms with Crippen LogP contribution in [-0.2, 0) is 0 Å². The van der Waals surface area contributed by atoms with Gasteiger partial charge in [0, 0.05) is 35.7 Å². The second-order valence-electron chi connectivity index (χ2n) is 6.51. The predicted molar refractivity (Wildman–Crippen MR) is 98.0 cm³/mol. The molecule has 24 heavy (non-hydrogen) atoms. The molecule has 1 atom stereocenters. The molecule has 1 aliphatic rings. The number of nitrogens with one attached hydrogen (secondary N) is 1. The molecule has 3 rings (SSSR count). The number of piperidine rings is 1. The summed E-state index contributed by atoms with van der Waals surface area (Å²) >= 11 is 6.00. The Labute approximate surface area is 147 Å². The fraction of sp³-hybridized carbons (Fsp3) is 0.368. The minimum Gasteiger partial charge on any atom is -0.355 e. The van der Waals surface area contributed by atoms with Crippen LogP contribution in [0.15, 0.2) is 36.5 Å². The highest BCUT2D eigenvalue weighted by atomic mass is 35.5. The molecule has 1 N–H and O–H groups in total. The van der Waals surface area contributed by atoms with Crippen LogP contribution in [0.1, 0.15) is 35.8 Å². The normalized spacial score (nSPS) is 17.6. The van der Waals surface area contributed by atoms with Crippen LogP contribution in [-0.4, -0.2) is 28.9 Å². The second kappa shape index (κ2) is 7.22. The SMILES string of the molecule is Cc1cc(Cl)ccc1Nc1ccnc(C(=O)N2CCCC(C)C2)c1. The van der Waals surface area contributed by atoms with Gasteiger partial charge in [0.05, 0.1) is 0 Å². The summed E-state index contributed by atoms with van der Waals surface area (Å²) in [6.07, 6.45) is 3.93. The Morgan fingerprint density at radius 2 is 2.17 bits per heavy atom. The summed E-state index contributed by atoms with van der Waals surface area (Å²) in [7, 11) is 0. The van der Waals surface area contributed by atoms with E-state index in [9.17, 15) is 4.79 Å². The van der Waals surface area contributed by atoms with Gasteiger partial charge in [0.2, 0.25) is 0 Å². The summed E-state index contributed by atoms with van der Waals surface area (Å²) in [6.45, 7) is 5.82. The van der Waals surface area contributed by atoms with Crippen molar-refractivity contribution in [2.45, 2.75) is 26.7 Å². The molecule has 2 aromatic rings. The van der Waals surface area contributed by atoms with Crippen molar-refractivity contribution in [2.75, 3.05) is 18.4 Å². The molecule has 0 bridgehead atoms. The van der Waals surface area contributed by atoms with Crippen LogP contribution >= 0.6 is 11.6 Å². The number of anilines is 2. The van der Waals surface area contributed by atoms with E-state index in [-0.39, 0.29) is 5.91 Å². The lowest BCUT2D eigenvalue weighted by molar-refractivity contribution is 0.0677. The number of benzene rings is 1. The van der Waals surface area contributed by atoms with Crippen molar-refractivity contribution < 1.29 is 4.79 Å². The lowest BCUT2D eigenvalue weighted by atomic mass is 10.00. The Morgan fingerprint density at radius 3 is 2.92 bits per heavy atom. The molecule has 1 unspecified atom stereocenters. The molecular formula is C19H22ClN3O. The fourth-order valence-electron chi connectivity index (χ4n) is 3.08. The highest BCUT2D eigenvalue weighted by Gasteiger charge is 2.23. The first kappa shape index (κ1) is 16.8. The van der Waals surface area contributed by atoms with Gasteiger partial charge in [-0.1, -0.05) is 18.5 Å². The first-order valence-electron chi connectivity index (χ1n) is 8.31. The molecule has 4 nitrogen and oxygen atoms in total. The van der Waals surface area contributed by atoms with Gasteiger partial charge >= 0.3 is 0 Å². The zero-order valence-electron chi connectivity index (χ0n) is 14.1. The molecule has 1 fully saturated rings. The average molecular weight is 344 g/mol. The number of aromatic nitrogens is 1. The van der Waals surface area contributed by atoms with Gasteiger partial charge in [-0.25, -0.2) is 0 Å². The molecule has 1 aliphatic heterocycles. The molecule has 1 aromatic carbocycles. The highest BCUT2D eigenvalue weighted by molar-refractivity contribution is 6.30. The Bertz CT molecular complexity index is 747. The number of halogens is 1. The molecule has 1 saturated heterocycles. The summed E-state index contributed by atoms with van der Waals surface area (Å²) < 4.78 is 0. The number of aryl methyl sites for hydroxylation is 1. The van der Waals surface area contributed by atoms with Crippen molar-refractivity contribution in [3.8, 4) is 0 Å². The number of rotatable bonds is 3. The van der Waals surface area contributed by atoms with Crippen molar-refractivity contribution in [3.05, 3.63) is 52.8 Å². The zero-order chi connectivity index (χ0) is 17.1. The van der Waals surface area contributed by atoms with E-state index < -0.39 is 0 Å². The van der Waals surface area contributed by atoms with Gasteiger partial charge < -0.3 is 10.2 Å². The lowest BCUT2D eigenvalue weighted by Gasteiger charge is -2.30. The number of carbonyl (C=O) groups excluding carboxylic acids is 1. The van der Waals surface area contributed by atoms with Crippen molar-refractivity contribution in [3.63, 3.8) is 0 Å². The van der Waals surface area contributed by atoms with Crippen molar-refractivity contribution >= 4 is 28.9 Å². The third-order valence-electron chi connectivity index (χ3n) is 4.39. The van der Waals surface area contributed by atoms with Gasteiger partial charge in [-0.2, -0.15) is 0 Å². The summed E-state index contributed by atoms with van der Waals surface area (Å²) in [5.74, 6) is 0.568. The van der Waals surface area contributed by atoms with Crippen LogP contribution in [0.2, 0.25) is 5.02 Å². The Balaban J connectivity index is 1.77. The monoisotopic (exact) mass is 343 g/mol. The van der Waals surface area contributed by atoms with Crippen LogP contribution in [0.25, 0.3) is 0 Å². The van der Waals surface area contributed by atoms with Crippen LogP contribution in [0, 0.1) is 12.8 Å². The zero-order valence-corrected chi connectivity index (χ0v) is 14.8. The van der Waals surface area contributed by atoms with Crippen LogP contribution in [0.3, 0.4) is 0 Å². The van der Waals surface area contributed by atoms with Crippen LogP contribution in [0.5, 0.6) is 0 Å². The molecule has 5 heteroatoms. The van der Waals surface area contributed by atoms with E-state index in [1.54, 1.807) is 6.20 Å². The van der Waals surface area contributed by atoms with E-state index >= 15 is 0 Å². The van der Waals surface area contributed by atoms with E-state index in [1.165, 1.54) is 6.42 Å². The fourth-order valence-corrected chi connectivity index (χ4v) is 3.31. The number of hydrogen-bond donors (Lipinski definition) is 1. The van der Waals surface area contributed by atoms with Gasteiger partial charge in [0.15, 0.2) is 0 Å². The van der Waals surface area contributed by atoms with E-state index in [0.717, 1.165) is 36.4 Å². The molecule has 0 spiro atoms. The molecule has 0 saturated carbocycles. The number of hydrogen-bond acceptors (Lipinski definition) is 3. The third-order valence-corrected chi connectivity index (χ3v) is 4.63. The standard InChI is InChI=1S/C19H22ClN3O/c1-13-4-3-9-23(12-13)19(24)18-11-16(7-8-21-18)22-17-6-5-15(20)10-14(17)2/h5-8,10-11,13H,3-4,9,12H2,1-2H3,(H,21,22). The summed E-state index contributed by atoms with van der Waals surface area (Å²) in [6, 6.07) is 9.37. The smallest absolute Gasteiger partial charge is 0.272 e. The number of carbonyl (C=O) groups is 1. The average Bonchev–Trinajstić information content (AvgIpc) is 2.57. The minimum absolute atomic E-state index is 0.0121. The predicted octanol–water partition coefficient (Wildman–Crippen LogP) is 4.66. The van der Waals surface area contributed by atoms with Gasteiger partial charge in [0.1, 0.15) is 5.69 Å². The maximum absolute atomic E-state index is 12.7. The highest BCUT2D eigenvalue weighted by Crippen LogP contribution is 2.24. The minimum atomic E-state index is 0.0121. The quantitative estimate of drug-likeness (QED) is 0.881. The van der Waals surface area contributed by atoms with E-state index in [4.69, 9.17) is 11.6 Å². The first-order valence-corrected chi connectivity index (χ1v) is 8.69. The topological polar surface area (TPSA) is 45.2 Å². The molecule has 2 heterocycles. The third kappa shape index (κ3) is 3.88. The number of nitrogens with zero attached hydrogens (tertiary/aromatic N) is 2. The lowest BCUT2D eigenvalue weighted by Crippen LogP contribution is -2.39. The van der Waals surface area contributed by atoms with Crippen molar-refractivity contribution in [1.29, 1.82) is 0 Å². The van der Waals surface area contributed by atoms with Gasteiger partial charge in [-0.05, 0) is 61.6 Å². The maximum Gasteiger partial charge on any atom is 0.272 e. The second-order valence-corrected chi connectivity index (χ2v) is 6.95. The van der Waals surface area contributed by atoms with E-state index in [1.807, 2.05) is 42.2 Å². The number of likely N-dealkylation sites (tertiary alicyclic amines) is 1. The van der Waals surface area contributed by atoms with Crippen molar-refractivity contribution in [1.82, 2.24) is 9.88 Å². The van der Waals surface area contributed by atoms with Crippen LogP contribution in [0.4, 0.5) is 11.4 Å². The molecule has 0 aliphatic carbocycles. The van der Waals surface area contributed by atoms with E-state index in [2.05, 4.69) is 17.2 Å². The molecule has 1 aromatic heterocycles. The summed E-state index contributed by atoms with van der Waals surface area (Å²) in [5, 5.41) is 4.05. The van der Waals surface area contributed by atoms with Gasteiger partial charge in [-0.15, -0.1) is 0 Å². The molecule has 0 radical (unpaired) electrons. The molecule has 126 valence electrons. The van der Waals surface area contributed by atoms with E-state index in [0.29, 0.717) is 16.6 Å². The van der Waals surface area contributed by atoms with Gasteiger partial charge in [-0.3, -0.25) is 9.78 Å². The number of amides is 1. The summed E-state index contributed by atoms with van der Waals surface area (Å²) in [4.78, 5) is 18.9. The maximum atomic E-state index is 12.7. The molecular weight excluding hydrogens is 322 g/mol. The van der Waals surface area contributed by atoms with Crippen molar-refractivity contribution in [2.24, 2.45) is 5.92 Å². The summed E-state index contributed by atoms with van der Waals surface area (Å²) in [5.41, 5.74) is 3.36. The Kier molecular flexibility index (Phi) is 5.05. The number of pyridine rings is 1. The largest absolute Gasteiger partial charge is 0.355 e. The van der Waals surface area contributed by atoms with Gasteiger partial charge in [0.25, 0.3) is 5.91 Å².